The standard InChI is InChI=1S/C29H35N7O2/c1-19-8-9-21-18-25(29(37)30-26(21)20(19)2)27(28-31-32-33-36(28)23-6-4-5-7-23)35-16-14-34(15-17-35)22-10-12-24(38-3)13-11-22/h8-13,18,23,27H,4-7,14-17H2,1-3H3,(H,30,37)/t27-/m0/s1. The van der Waals surface area contributed by atoms with Crippen LogP contribution in [0.1, 0.15) is 60.3 Å². The quantitative estimate of drug-likeness (QED) is 0.414. The molecule has 1 saturated heterocycles. The van der Waals surface area contributed by atoms with E-state index in [-0.39, 0.29) is 17.6 Å². The summed E-state index contributed by atoms with van der Waals surface area (Å²) in [6, 6.07) is 14.4. The van der Waals surface area contributed by atoms with Crippen LogP contribution in [-0.4, -0.2) is 63.4 Å². The van der Waals surface area contributed by atoms with Gasteiger partial charge in [0.05, 0.1) is 18.7 Å². The highest BCUT2D eigenvalue weighted by molar-refractivity contribution is 5.83. The Labute approximate surface area is 222 Å². The van der Waals surface area contributed by atoms with Gasteiger partial charge in [0.2, 0.25) is 0 Å². The Morgan fingerprint density at radius 3 is 2.45 bits per heavy atom. The van der Waals surface area contributed by atoms with Gasteiger partial charge in [0.25, 0.3) is 5.56 Å². The normalized spacial score (nSPS) is 17.8. The number of ether oxygens (including phenoxy) is 1. The first kappa shape index (κ1) is 24.6. The lowest BCUT2D eigenvalue weighted by atomic mass is 9.99. The molecule has 1 N–H and O–H groups in total. The summed E-state index contributed by atoms with van der Waals surface area (Å²) in [6.07, 6.45) is 4.51. The van der Waals surface area contributed by atoms with Crippen LogP contribution in [0.5, 0.6) is 5.75 Å². The van der Waals surface area contributed by atoms with E-state index in [4.69, 9.17) is 4.74 Å². The molecule has 9 nitrogen and oxygen atoms in total. The van der Waals surface area contributed by atoms with Crippen LogP contribution >= 0.6 is 0 Å². The zero-order valence-corrected chi connectivity index (χ0v) is 22.4. The van der Waals surface area contributed by atoms with Crippen molar-refractivity contribution in [1.29, 1.82) is 0 Å². The SMILES string of the molecule is COc1ccc(N2CCN([C@@H](c3cc4ccc(C)c(C)c4[nH]c3=O)c3nnnn3C3CCCC3)CC2)cc1. The summed E-state index contributed by atoms with van der Waals surface area (Å²) in [6.45, 7) is 7.40. The largest absolute Gasteiger partial charge is 0.497 e. The van der Waals surface area contributed by atoms with Gasteiger partial charge in [-0.25, -0.2) is 4.68 Å². The summed E-state index contributed by atoms with van der Waals surface area (Å²) in [5.74, 6) is 1.62. The summed E-state index contributed by atoms with van der Waals surface area (Å²) in [5, 5.41) is 14.1. The van der Waals surface area contributed by atoms with E-state index in [9.17, 15) is 4.79 Å². The van der Waals surface area contributed by atoms with Gasteiger partial charge in [-0.1, -0.05) is 25.0 Å². The number of tetrazole rings is 1. The highest BCUT2D eigenvalue weighted by Gasteiger charge is 2.34. The van der Waals surface area contributed by atoms with Crippen molar-refractivity contribution in [3.8, 4) is 5.75 Å². The molecule has 2 fully saturated rings. The van der Waals surface area contributed by atoms with Gasteiger partial charge in [0, 0.05) is 37.4 Å². The molecule has 3 heterocycles. The van der Waals surface area contributed by atoms with Crippen LogP contribution < -0.4 is 15.2 Å². The Morgan fingerprint density at radius 2 is 1.74 bits per heavy atom. The maximum absolute atomic E-state index is 13.7. The van der Waals surface area contributed by atoms with Gasteiger partial charge in [-0.3, -0.25) is 9.69 Å². The molecule has 0 unspecified atom stereocenters. The molecule has 1 aliphatic carbocycles. The van der Waals surface area contributed by atoms with Crippen molar-refractivity contribution < 1.29 is 4.74 Å². The fraction of sp³-hybridized carbons (Fsp3) is 0.448. The first-order valence-corrected chi connectivity index (χ1v) is 13.6. The molecule has 0 spiro atoms. The molecule has 38 heavy (non-hydrogen) atoms. The van der Waals surface area contributed by atoms with E-state index in [2.05, 4.69) is 74.5 Å². The number of fused-ring (bicyclic) bond motifs is 1. The highest BCUT2D eigenvalue weighted by Crippen LogP contribution is 2.35. The van der Waals surface area contributed by atoms with Crippen molar-refractivity contribution in [3.05, 3.63) is 75.3 Å². The van der Waals surface area contributed by atoms with Gasteiger partial charge in [-0.05, 0) is 84.0 Å². The number of methoxy groups -OCH3 is 1. The van der Waals surface area contributed by atoms with E-state index in [0.717, 1.165) is 72.6 Å². The van der Waals surface area contributed by atoms with Crippen molar-refractivity contribution >= 4 is 16.6 Å². The Hall–Kier alpha value is -3.72. The first-order chi connectivity index (χ1) is 18.5. The third kappa shape index (κ3) is 4.45. The Bertz CT molecular complexity index is 1480. The number of pyridine rings is 1. The number of aromatic nitrogens is 5. The molecule has 198 valence electrons. The highest BCUT2D eigenvalue weighted by atomic mass is 16.5. The molecule has 0 amide bonds. The number of nitrogens with one attached hydrogen (secondary N) is 1. The van der Waals surface area contributed by atoms with Crippen molar-refractivity contribution in [3.63, 3.8) is 0 Å². The lowest BCUT2D eigenvalue weighted by Crippen LogP contribution is -2.49. The fourth-order valence-electron chi connectivity index (χ4n) is 6.06. The molecule has 0 radical (unpaired) electrons. The molecule has 2 aromatic heterocycles. The van der Waals surface area contributed by atoms with Crippen molar-refractivity contribution in [2.45, 2.75) is 51.6 Å². The van der Waals surface area contributed by atoms with Crippen molar-refractivity contribution in [1.82, 2.24) is 30.1 Å². The zero-order chi connectivity index (χ0) is 26.2. The van der Waals surface area contributed by atoms with Crippen LogP contribution in [0.4, 0.5) is 5.69 Å². The molecule has 1 saturated carbocycles. The Morgan fingerprint density at radius 1 is 1.00 bits per heavy atom. The van der Waals surface area contributed by atoms with Crippen LogP contribution in [-0.2, 0) is 0 Å². The summed E-state index contributed by atoms with van der Waals surface area (Å²) in [5.41, 5.74) is 4.97. The first-order valence-electron chi connectivity index (χ1n) is 13.6. The molecule has 0 bridgehead atoms. The number of H-pyrrole nitrogens is 1. The van der Waals surface area contributed by atoms with Crippen LogP contribution in [0.3, 0.4) is 0 Å². The van der Waals surface area contributed by atoms with Crippen LogP contribution in [0.15, 0.2) is 47.3 Å². The van der Waals surface area contributed by atoms with Crippen molar-refractivity contribution in [2.75, 3.05) is 38.2 Å². The van der Waals surface area contributed by atoms with E-state index >= 15 is 0 Å². The molecule has 2 aromatic carbocycles. The average Bonchev–Trinajstić information content (AvgIpc) is 3.65. The van der Waals surface area contributed by atoms with Crippen LogP contribution in [0, 0.1) is 13.8 Å². The molecule has 6 rings (SSSR count). The second kappa shape index (κ2) is 10.2. The third-order valence-electron chi connectivity index (χ3n) is 8.42. The smallest absolute Gasteiger partial charge is 0.253 e. The predicted molar refractivity (Wildman–Crippen MR) is 148 cm³/mol. The topological polar surface area (TPSA) is 92.2 Å². The van der Waals surface area contributed by atoms with Crippen LogP contribution in [0.25, 0.3) is 10.9 Å². The summed E-state index contributed by atoms with van der Waals surface area (Å²) in [7, 11) is 1.68. The van der Waals surface area contributed by atoms with Gasteiger partial charge in [0.15, 0.2) is 5.82 Å². The maximum atomic E-state index is 13.7. The summed E-state index contributed by atoms with van der Waals surface area (Å²) in [4.78, 5) is 21.6. The second-order valence-electron chi connectivity index (χ2n) is 10.6. The molecular formula is C29H35N7O2. The molecule has 4 aromatic rings. The second-order valence-corrected chi connectivity index (χ2v) is 10.6. The van der Waals surface area contributed by atoms with Gasteiger partial charge in [-0.15, -0.1) is 5.10 Å². The van der Waals surface area contributed by atoms with Gasteiger partial charge in [0.1, 0.15) is 11.8 Å². The number of hydrogen-bond acceptors (Lipinski definition) is 7. The molecule has 2 aliphatic rings. The van der Waals surface area contributed by atoms with Crippen LogP contribution in [0.2, 0.25) is 0 Å². The molecule has 1 aliphatic heterocycles. The van der Waals surface area contributed by atoms with E-state index in [0.29, 0.717) is 5.56 Å². The summed E-state index contributed by atoms with van der Waals surface area (Å²) >= 11 is 0. The number of benzene rings is 2. The van der Waals surface area contributed by atoms with E-state index in [1.54, 1.807) is 7.11 Å². The number of hydrogen-bond donors (Lipinski definition) is 1. The number of nitrogens with zero attached hydrogens (tertiary/aromatic N) is 6. The monoisotopic (exact) mass is 513 g/mol. The lowest BCUT2D eigenvalue weighted by Gasteiger charge is -2.39. The lowest BCUT2D eigenvalue weighted by molar-refractivity contribution is 0.197. The Kier molecular flexibility index (Phi) is 6.61. The van der Waals surface area contributed by atoms with Gasteiger partial charge >= 0.3 is 0 Å². The molecule has 1 atom stereocenters. The predicted octanol–water partition coefficient (Wildman–Crippen LogP) is 4.17. The maximum Gasteiger partial charge on any atom is 0.253 e. The summed E-state index contributed by atoms with van der Waals surface area (Å²) < 4.78 is 7.32. The van der Waals surface area contributed by atoms with Gasteiger partial charge in [-0.2, -0.15) is 0 Å². The number of aryl methyl sites for hydroxylation is 2. The van der Waals surface area contributed by atoms with Crippen molar-refractivity contribution in [2.24, 2.45) is 0 Å². The molecule has 9 heteroatoms. The number of anilines is 1. The van der Waals surface area contributed by atoms with E-state index < -0.39 is 0 Å². The minimum Gasteiger partial charge on any atom is -0.497 e. The average molecular weight is 514 g/mol. The number of rotatable bonds is 6. The minimum atomic E-state index is -0.321. The number of aromatic amines is 1. The molecular weight excluding hydrogens is 478 g/mol. The van der Waals surface area contributed by atoms with Gasteiger partial charge < -0.3 is 14.6 Å². The zero-order valence-electron chi connectivity index (χ0n) is 22.4. The third-order valence-corrected chi connectivity index (χ3v) is 8.42. The fourth-order valence-corrected chi connectivity index (χ4v) is 6.06. The Balaban J connectivity index is 1.37. The van der Waals surface area contributed by atoms with E-state index in [1.165, 1.54) is 18.5 Å². The van der Waals surface area contributed by atoms with E-state index in [1.807, 2.05) is 16.8 Å². The number of piperazine rings is 1. The minimum absolute atomic E-state index is 0.0743.